The molecule has 0 aliphatic carbocycles. The molecule has 26 heavy (non-hydrogen) atoms. The highest BCUT2D eigenvalue weighted by atomic mass is 35.5. The fourth-order valence-electron chi connectivity index (χ4n) is 2.45. The number of aliphatic carboxylic acids is 1. The van der Waals surface area contributed by atoms with Gasteiger partial charge in [0.2, 0.25) is 0 Å². The molecule has 0 saturated carbocycles. The van der Waals surface area contributed by atoms with E-state index in [-0.39, 0.29) is 6.61 Å². The minimum absolute atomic E-state index is 0.0629. The largest absolute Gasteiger partial charge is 0.481 e. The van der Waals surface area contributed by atoms with Crippen LogP contribution >= 0.6 is 11.6 Å². The highest BCUT2D eigenvalue weighted by Crippen LogP contribution is 2.34. The summed E-state index contributed by atoms with van der Waals surface area (Å²) in [6, 6.07) is 13.2. The van der Waals surface area contributed by atoms with E-state index in [4.69, 9.17) is 26.0 Å². The van der Waals surface area contributed by atoms with Gasteiger partial charge in [0, 0.05) is 10.6 Å². The Balaban J connectivity index is 1.83. The molecule has 0 saturated heterocycles. The lowest BCUT2D eigenvalue weighted by molar-refractivity contribution is -0.150. The third-order valence-electron chi connectivity index (χ3n) is 3.56. The van der Waals surface area contributed by atoms with E-state index >= 15 is 0 Å². The maximum absolute atomic E-state index is 11.2. The second-order valence-electron chi connectivity index (χ2n) is 5.42. The molecule has 0 fully saturated rings. The van der Waals surface area contributed by atoms with Gasteiger partial charge >= 0.3 is 11.9 Å². The van der Waals surface area contributed by atoms with Crippen molar-refractivity contribution in [2.45, 2.75) is 6.42 Å². The van der Waals surface area contributed by atoms with Crippen molar-refractivity contribution in [3.63, 3.8) is 0 Å². The number of carbonyl (C=O) groups is 2. The van der Waals surface area contributed by atoms with Crippen molar-refractivity contribution in [1.29, 1.82) is 0 Å². The molecule has 1 heterocycles. The first-order valence-electron chi connectivity index (χ1n) is 7.73. The predicted octanol–water partition coefficient (Wildman–Crippen LogP) is 4.18. The van der Waals surface area contributed by atoms with Gasteiger partial charge in [-0.05, 0) is 29.8 Å². The first kappa shape index (κ1) is 17.7. The first-order chi connectivity index (χ1) is 12.5. The number of nitrogens with zero attached hydrogens (tertiary/aromatic N) is 1. The van der Waals surface area contributed by atoms with Crippen LogP contribution in [0.4, 0.5) is 0 Å². The molecule has 1 N–H and O–H groups in total. The lowest BCUT2D eigenvalue weighted by atomic mass is 10.0. The van der Waals surface area contributed by atoms with Gasteiger partial charge in [0.15, 0.2) is 5.58 Å². The Labute approximate surface area is 153 Å². The van der Waals surface area contributed by atoms with Gasteiger partial charge in [-0.1, -0.05) is 47.1 Å². The number of hydrogen-bond acceptors (Lipinski definition) is 5. The van der Waals surface area contributed by atoms with Crippen molar-refractivity contribution in [3.05, 3.63) is 59.3 Å². The Morgan fingerprint density at radius 1 is 1.23 bits per heavy atom. The lowest BCUT2D eigenvalue weighted by Crippen LogP contribution is -2.10. The smallest absolute Gasteiger partial charge is 0.317 e. The molecule has 1 aromatic heterocycles. The molecule has 0 aliphatic heterocycles. The Morgan fingerprint density at radius 2 is 2.00 bits per heavy atom. The number of halogens is 1. The number of rotatable bonds is 6. The minimum Gasteiger partial charge on any atom is -0.481 e. The highest BCUT2D eigenvalue weighted by molar-refractivity contribution is 6.32. The summed E-state index contributed by atoms with van der Waals surface area (Å²) in [7, 11) is 0. The average molecular weight is 372 g/mol. The van der Waals surface area contributed by atoms with E-state index in [2.05, 4.69) is 5.16 Å². The second kappa shape index (κ2) is 7.84. The molecule has 132 valence electrons. The molecule has 6 nitrogen and oxygen atoms in total. The van der Waals surface area contributed by atoms with Gasteiger partial charge in [0.05, 0.1) is 5.39 Å². The second-order valence-corrected chi connectivity index (χ2v) is 5.86. The molecule has 2 aromatic carbocycles. The van der Waals surface area contributed by atoms with E-state index in [1.165, 1.54) is 0 Å². The van der Waals surface area contributed by atoms with Crippen LogP contribution in [0.3, 0.4) is 0 Å². The van der Waals surface area contributed by atoms with Crippen molar-refractivity contribution in [2.75, 3.05) is 6.61 Å². The number of aromatic nitrogens is 1. The molecule has 7 heteroatoms. The number of carboxylic acids is 1. The Morgan fingerprint density at radius 3 is 2.73 bits per heavy atom. The van der Waals surface area contributed by atoms with Gasteiger partial charge in [0.1, 0.15) is 18.7 Å². The summed E-state index contributed by atoms with van der Waals surface area (Å²) < 4.78 is 10.3. The third kappa shape index (κ3) is 4.10. The molecule has 0 unspecified atom stereocenters. The molecule has 3 rings (SSSR count). The van der Waals surface area contributed by atoms with Crippen LogP contribution in [-0.2, 0) is 14.3 Å². The van der Waals surface area contributed by atoms with Gasteiger partial charge < -0.3 is 14.4 Å². The van der Waals surface area contributed by atoms with E-state index in [0.29, 0.717) is 16.3 Å². The van der Waals surface area contributed by atoms with Crippen LogP contribution in [0.1, 0.15) is 12.1 Å². The topological polar surface area (TPSA) is 89.6 Å². The van der Waals surface area contributed by atoms with Crippen molar-refractivity contribution >= 4 is 40.6 Å². The summed E-state index contributed by atoms with van der Waals surface area (Å²) in [6.45, 7) is -0.0629. The molecular weight excluding hydrogens is 358 g/mol. The maximum atomic E-state index is 11.2. The number of esters is 1. The summed E-state index contributed by atoms with van der Waals surface area (Å²) in [5.74, 6) is -2.04. The normalized spacial score (nSPS) is 11.1. The van der Waals surface area contributed by atoms with E-state index in [9.17, 15) is 9.59 Å². The first-order valence-corrected chi connectivity index (χ1v) is 8.10. The van der Waals surface area contributed by atoms with Crippen LogP contribution < -0.4 is 0 Å². The Bertz CT molecular complexity index is 978. The third-order valence-corrected chi connectivity index (χ3v) is 3.78. The molecule has 0 bridgehead atoms. The standard InChI is InChI=1S/C19H14ClNO5/c20-13-9-14(12-5-2-1-3-6-12)19-15(10-13)16(21-26-19)7-4-8-25-18(24)11-17(22)23/h1-7,9-10H,8,11H2,(H,22,23). The summed E-state index contributed by atoms with van der Waals surface area (Å²) in [5, 5.41) is 13.8. The monoisotopic (exact) mass is 371 g/mol. The van der Waals surface area contributed by atoms with E-state index < -0.39 is 18.4 Å². The number of carbonyl (C=O) groups excluding carboxylic acids is 1. The quantitative estimate of drug-likeness (QED) is 0.516. The molecule has 0 spiro atoms. The number of ether oxygens (including phenoxy) is 1. The predicted molar refractivity (Wildman–Crippen MR) is 96.7 cm³/mol. The van der Waals surface area contributed by atoms with Gasteiger partial charge in [0.25, 0.3) is 0 Å². The van der Waals surface area contributed by atoms with Gasteiger partial charge in [-0.2, -0.15) is 0 Å². The zero-order chi connectivity index (χ0) is 18.5. The molecule has 0 atom stereocenters. The zero-order valence-corrected chi connectivity index (χ0v) is 14.3. The van der Waals surface area contributed by atoms with Crippen molar-refractivity contribution < 1.29 is 24.0 Å². The molecule has 0 aliphatic rings. The Kier molecular flexibility index (Phi) is 5.34. The lowest BCUT2D eigenvalue weighted by Gasteiger charge is -2.02. The van der Waals surface area contributed by atoms with Crippen LogP contribution in [0.25, 0.3) is 28.2 Å². The van der Waals surface area contributed by atoms with Gasteiger partial charge in [-0.15, -0.1) is 0 Å². The number of carboxylic acid groups (broad SMARTS) is 1. The molecule has 3 aromatic rings. The summed E-state index contributed by atoms with van der Waals surface area (Å²) in [5.41, 5.74) is 2.92. The van der Waals surface area contributed by atoms with Gasteiger partial charge in [-0.3, -0.25) is 9.59 Å². The SMILES string of the molecule is O=C(O)CC(=O)OCC=Cc1noc2c(-c3ccccc3)cc(Cl)cc12. The maximum Gasteiger partial charge on any atom is 0.317 e. The van der Waals surface area contributed by atoms with Crippen LogP contribution in [0.2, 0.25) is 5.02 Å². The van der Waals surface area contributed by atoms with E-state index in [0.717, 1.165) is 16.5 Å². The summed E-state index contributed by atoms with van der Waals surface area (Å²) >= 11 is 6.24. The van der Waals surface area contributed by atoms with Crippen LogP contribution in [0.5, 0.6) is 0 Å². The van der Waals surface area contributed by atoms with Crippen molar-refractivity contribution in [1.82, 2.24) is 5.16 Å². The van der Waals surface area contributed by atoms with Crippen LogP contribution in [-0.4, -0.2) is 28.8 Å². The van der Waals surface area contributed by atoms with E-state index in [1.54, 1.807) is 18.2 Å². The van der Waals surface area contributed by atoms with Crippen molar-refractivity contribution in [2.24, 2.45) is 0 Å². The van der Waals surface area contributed by atoms with Crippen LogP contribution in [0, 0.1) is 0 Å². The summed E-state index contributed by atoms with van der Waals surface area (Å²) in [4.78, 5) is 21.6. The fourth-order valence-corrected chi connectivity index (χ4v) is 2.67. The minimum atomic E-state index is -1.23. The molecule has 0 amide bonds. The summed E-state index contributed by atoms with van der Waals surface area (Å²) in [6.07, 6.45) is 2.52. The van der Waals surface area contributed by atoms with E-state index in [1.807, 2.05) is 36.4 Å². The number of benzene rings is 2. The highest BCUT2D eigenvalue weighted by Gasteiger charge is 2.13. The van der Waals surface area contributed by atoms with Crippen LogP contribution in [0.15, 0.2) is 53.1 Å². The number of fused-ring (bicyclic) bond motifs is 1. The average Bonchev–Trinajstić information content (AvgIpc) is 3.01. The molecule has 0 radical (unpaired) electrons. The molecular formula is C19H14ClNO5. The van der Waals surface area contributed by atoms with Gasteiger partial charge in [-0.25, -0.2) is 0 Å². The fraction of sp³-hybridized carbons (Fsp3) is 0.105. The Hall–Kier alpha value is -3.12. The number of hydrogen-bond donors (Lipinski definition) is 1. The van der Waals surface area contributed by atoms with Crippen molar-refractivity contribution in [3.8, 4) is 11.1 Å². The zero-order valence-electron chi connectivity index (χ0n) is 13.5.